The van der Waals surface area contributed by atoms with Gasteiger partial charge in [-0.3, -0.25) is 9.13 Å². The fourth-order valence-electron chi connectivity index (χ4n) is 7.88. The molecule has 10 aromatic rings. The van der Waals surface area contributed by atoms with E-state index >= 15 is 0 Å². The summed E-state index contributed by atoms with van der Waals surface area (Å²) in [5.41, 5.74) is 7.85. The van der Waals surface area contributed by atoms with Crippen LogP contribution in [0.2, 0.25) is 0 Å². The van der Waals surface area contributed by atoms with E-state index in [0.717, 1.165) is 39.1 Å². The molecule has 9 aromatic carbocycles. The van der Waals surface area contributed by atoms with E-state index in [2.05, 4.69) is 127 Å². The van der Waals surface area contributed by atoms with Crippen LogP contribution in [0.3, 0.4) is 0 Å². The molecule has 0 saturated carbocycles. The van der Waals surface area contributed by atoms with E-state index in [9.17, 15) is 4.79 Å². The highest BCUT2D eigenvalue weighted by Gasteiger charge is 2.18. The molecule has 0 bridgehead atoms. The van der Waals surface area contributed by atoms with Gasteiger partial charge in [-0.05, 0) is 108 Å². The monoisotopic (exact) mass is 638 g/mol. The van der Waals surface area contributed by atoms with Crippen molar-refractivity contribution in [3.8, 4) is 33.6 Å². The lowest BCUT2D eigenvalue weighted by Gasteiger charge is -2.16. The highest BCUT2D eigenvalue weighted by Crippen LogP contribution is 2.42. The number of rotatable bonds is 4. The van der Waals surface area contributed by atoms with E-state index in [1.165, 1.54) is 48.7 Å². The summed E-state index contributed by atoms with van der Waals surface area (Å²) in [7, 11) is 0. The third-order valence-corrected chi connectivity index (χ3v) is 10.2. The van der Waals surface area contributed by atoms with Crippen molar-refractivity contribution in [1.82, 2.24) is 9.13 Å². The van der Waals surface area contributed by atoms with Gasteiger partial charge >= 0.3 is 5.69 Å². The molecule has 0 saturated heterocycles. The summed E-state index contributed by atoms with van der Waals surface area (Å²) in [6.07, 6.45) is 0. The second kappa shape index (κ2) is 11.2. The Morgan fingerprint density at radius 1 is 0.320 bits per heavy atom. The van der Waals surface area contributed by atoms with E-state index < -0.39 is 0 Å². The number of hydrogen-bond acceptors (Lipinski definition) is 1. The van der Waals surface area contributed by atoms with Gasteiger partial charge < -0.3 is 0 Å². The lowest BCUT2D eigenvalue weighted by molar-refractivity contribution is 0.931. The number of imidazole rings is 1. The summed E-state index contributed by atoms with van der Waals surface area (Å²) in [6, 6.07) is 63.5. The van der Waals surface area contributed by atoms with Crippen LogP contribution in [-0.4, -0.2) is 9.13 Å². The van der Waals surface area contributed by atoms with Gasteiger partial charge in [-0.15, -0.1) is 0 Å². The summed E-state index contributed by atoms with van der Waals surface area (Å²) in [5, 5.41) is 10.0. The molecule has 3 nitrogen and oxygen atoms in total. The van der Waals surface area contributed by atoms with Gasteiger partial charge in [0.1, 0.15) is 0 Å². The molecular weight excluding hydrogens is 609 g/mol. The van der Waals surface area contributed by atoms with Crippen molar-refractivity contribution in [3.63, 3.8) is 0 Å². The Bertz CT molecular complexity index is 2970. The number of para-hydroxylation sites is 2. The fraction of sp³-hybridized carbons (Fsp3) is 0. The number of aromatic nitrogens is 2. The van der Waals surface area contributed by atoms with Crippen molar-refractivity contribution in [1.29, 1.82) is 0 Å². The van der Waals surface area contributed by atoms with Gasteiger partial charge in [-0.1, -0.05) is 140 Å². The van der Waals surface area contributed by atoms with Crippen molar-refractivity contribution in [3.05, 3.63) is 192 Å². The first-order valence-corrected chi connectivity index (χ1v) is 17.0. The summed E-state index contributed by atoms with van der Waals surface area (Å²) in [6.45, 7) is 0. The van der Waals surface area contributed by atoms with Crippen LogP contribution in [0.1, 0.15) is 0 Å². The number of nitrogens with zero attached hydrogens (tertiary/aromatic N) is 2. The number of benzene rings is 9. The second-order valence-electron chi connectivity index (χ2n) is 12.9. The van der Waals surface area contributed by atoms with Gasteiger partial charge in [0.05, 0.1) is 22.4 Å². The molecule has 0 amide bonds. The zero-order valence-electron chi connectivity index (χ0n) is 27.1. The Kier molecular flexibility index (Phi) is 6.33. The molecule has 3 heteroatoms. The number of fused-ring (bicyclic) bond motifs is 9. The lowest BCUT2D eigenvalue weighted by atomic mass is 9.87. The molecule has 0 fully saturated rings. The topological polar surface area (TPSA) is 26.9 Å². The molecule has 50 heavy (non-hydrogen) atoms. The van der Waals surface area contributed by atoms with E-state index in [1.807, 2.05) is 63.7 Å². The average Bonchev–Trinajstić information content (AvgIpc) is 3.49. The van der Waals surface area contributed by atoms with Crippen LogP contribution in [-0.2, 0) is 0 Å². The molecule has 0 N–H and O–H groups in total. The van der Waals surface area contributed by atoms with Crippen LogP contribution in [0.4, 0.5) is 0 Å². The van der Waals surface area contributed by atoms with E-state index in [0.29, 0.717) is 0 Å². The minimum Gasteiger partial charge on any atom is -0.260 e. The van der Waals surface area contributed by atoms with Crippen molar-refractivity contribution in [2.45, 2.75) is 0 Å². The van der Waals surface area contributed by atoms with Gasteiger partial charge in [0, 0.05) is 0 Å². The first-order valence-electron chi connectivity index (χ1n) is 17.0. The molecule has 0 aliphatic rings. The Balaban J connectivity index is 1.13. The van der Waals surface area contributed by atoms with E-state index in [1.54, 1.807) is 0 Å². The lowest BCUT2D eigenvalue weighted by Crippen LogP contribution is -2.22. The molecule has 1 aromatic heterocycles. The third kappa shape index (κ3) is 4.27. The maximum Gasteiger partial charge on any atom is 0.338 e. The molecule has 0 radical (unpaired) electrons. The Hall–Kier alpha value is -6.71. The first kappa shape index (κ1) is 28.3. The maximum absolute atomic E-state index is 14.3. The van der Waals surface area contributed by atoms with Crippen LogP contribution in [0.25, 0.3) is 87.8 Å². The summed E-state index contributed by atoms with van der Waals surface area (Å²) in [4.78, 5) is 14.3. The Morgan fingerprint density at radius 2 is 0.720 bits per heavy atom. The van der Waals surface area contributed by atoms with Crippen molar-refractivity contribution < 1.29 is 0 Å². The zero-order chi connectivity index (χ0) is 33.2. The van der Waals surface area contributed by atoms with Crippen LogP contribution in [0, 0.1) is 0 Å². The van der Waals surface area contributed by atoms with Crippen molar-refractivity contribution in [2.75, 3.05) is 0 Å². The van der Waals surface area contributed by atoms with Gasteiger partial charge in [0.15, 0.2) is 0 Å². The maximum atomic E-state index is 14.3. The van der Waals surface area contributed by atoms with Crippen molar-refractivity contribution in [2.24, 2.45) is 0 Å². The van der Waals surface area contributed by atoms with Crippen LogP contribution < -0.4 is 5.69 Å². The Labute approximate surface area is 288 Å². The van der Waals surface area contributed by atoms with Gasteiger partial charge in [-0.25, -0.2) is 4.79 Å². The molecule has 1 heterocycles. The SMILES string of the molecule is O=c1n(-c2ccc(-c3ccccc3)cc2)c2ccccc2n1-c1ccc(-c2cc3c4ccccc4c4ccccc4c3c3ccccc23)cc1. The summed E-state index contributed by atoms with van der Waals surface area (Å²) in [5.74, 6) is 0. The first-order chi connectivity index (χ1) is 24.7. The molecule has 10 rings (SSSR count). The normalized spacial score (nSPS) is 11.7. The van der Waals surface area contributed by atoms with Crippen LogP contribution in [0.5, 0.6) is 0 Å². The largest absolute Gasteiger partial charge is 0.338 e. The molecular formula is C47H30N2O. The average molecular weight is 639 g/mol. The number of hydrogen-bond donors (Lipinski definition) is 0. The Morgan fingerprint density at radius 3 is 1.30 bits per heavy atom. The van der Waals surface area contributed by atoms with Gasteiger partial charge in [0.25, 0.3) is 0 Å². The van der Waals surface area contributed by atoms with Gasteiger partial charge in [-0.2, -0.15) is 0 Å². The standard InChI is InChI=1S/C47H30N2O/c50-47-48(34-26-22-32(23-27-34)31-12-2-1-3-13-31)44-20-10-11-21-45(44)49(47)35-28-24-33(25-29-35)42-30-43-38-16-5-4-14-36(38)37-15-6-8-18-40(37)46(43)41-19-9-7-17-39(41)42/h1-30H. The molecule has 234 valence electrons. The highest BCUT2D eigenvalue weighted by atomic mass is 16.1. The minimum atomic E-state index is -0.0964. The quantitative estimate of drug-likeness (QED) is 0.176. The molecule has 0 aliphatic carbocycles. The van der Waals surface area contributed by atoms with E-state index in [4.69, 9.17) is 0 Å². The molecule has 0 atom stereocenters. The van der Waals surface area contributed by atoms with Crippen molar-refractivity contribution >= 4 is 54.1 Å². The predicted octanol–water partition coefficient (Wildman–Crippen LogP) is 11.7. The van der Waals surface area contributed by atoms with Gasteiger partial charge in [0.2, 0.25) is 0 Å². The molecule has 0 unspecified atom stereocenters. The fourth-order valence-corrected chi connectivity index (χ4v) is 7.88. The van der Waals surface area contributed by atoms with E-state index in [-0.39, 0.29) is 5.69 Å². The molecule has 0 aliphatic heterocycles. The minimum absolute atomic E-state index is 0.0964. The summed E-state index contributed by atoms with van der Waals surface area (Å²) < 4.78 is 3.63. The molecule has 0 spiro atoms. The summed E-state index contributed by atoms with van der Waals surface area (Å²) >= 11 is 0. The smallest absolute Gasteiger partial charge is 0.260 e. The highest BCUT2D eigenvalue weighted by molar-refractivity contribution is 6.33. The zero-order valence-corrected chi connectivity index (χ0v) is 27.1. The van der Waals surface area contributed by atoms with Crippen LogP contribution >= 0.6 is 0 Å². The third-order valence-electron chi connectivity index (χ3n) is 10.2. The van der Waals surface area contributed by atoms with Crippen LogP contribution in [0.15, 0.2) is 187 Å². The second-order valence-corrected chi connectivity index (χ2v) is 12.9. The predicted molar refractivity (Wildman–Crippen MR) is 210 cm³/mol.